The lowest BCUT2D eigenvalue weighted by molar-refractivity contribution is 0.130. The van der Waals surface area contributed by atoms with E-state index in [9.17, 15) is 8.78 Å². The number of anilines is 1. The summed E-state index contributed by atoms with van der Waals surface area (Å²) in [5.41, 5.74) is 0. The van der Waals surface area contributed by atoms with E-state index in [1.807, 2.05) is 0 Å². The molecule has 3 nitrogen and oxygen atoms in total. The Kier molecular flexibility index (Phi) is 3.83. The first-order chi connectivity index (χ1) is 6.49. The highest BCUT2D eigenvalue weighted by atomic mass is 35.5. The van der Waals surface area contributed by atoms with Gasteiger partial charge < -0.3 is 5.32 Å². The van der Waals surface area contributed by atoms with Gasteiger partial charge in [-0.15, -0.1) is 0 Å². The molecule has 0 aliphatic rings. The van der Waals surface area contributed by atoms with Gasteiger partial charge in [0, 0.05) is 6.07 Å². The Bertz CT molecular complexity index is 302. The van der Waals surface area contributed by atoms with Crippen LogP contribution in [0.2, 0.25) is 10.4 Å². The molecule has 1 atom stereocenters. The van der Waals surface area contributed by atoms with E-state index in [4.69, 9.17) is 23.2 Å². The Morgan fingerprint density at radius 3 is 2.50 bits per heavy atom. The molecule has 0 aliphatic carbocycles. The van der Waals surface area contributed by atoms with Crippen LogP contribution < -0.4 is 5.32 Å². The minimum atomic E-state index is -2.48. The van der Waals surface area contributed by atoms with Gasteiger partial charge in [-0.2, -0.15) is 0 Å². The van der Waals surface area contributed by atoms with Crippen LogP contribution in [-0.4, -0.2) is 22.4 Å². The second kappa shape index (κ2) is 4.70. The fourth-order valence-electron chi connectivity index (χ4n) is 0.760. The largest absolute Gasteiger partial charge is 0.362 e. The molecule has 0 saturated carbocycles. The van der Waals surface area contributed by atoms with Crippen molar-refractivity contribution in [2.24, 2.45) is 0 Å². The number of rotatable bonds is 3. The molecule has 1 rings (SSSR count). The van der Waals surface area contributed by atoms with Gasteiger partial charge in [-0.25, -0.2) is 18.7 Å². The number of aromatic nitrogens is 2. The SMILES string of the molecule is CC(Nc1cc(Cl)nc(Cl)n1)C(F)F. The van der Waals surface area contributed by atoms with Crippen LogP contribution in [0.1, 0.15) is 6.92 Å². The summed E-state index contributed by atoms with van der Waals surface area (Å²) in [6.45, 7) is 1.33. The fourth-order valence-corrected chi connectivity index (χ4v) is 1.17. The Hall–Kier alpha value is -0.680. The molecule has 0 saturated heterocycles. The van der Waals surface area contributed by atoms with Gasteiger partial charge in [-0.05, 0) is 18.5 Å². The van der Waals surface area contributed by atoms with E-state index in [-0.39, 0.29) is 16.3 Å². The molecule has 14 heavy (non-hydrogen) atoms. The van der Waals surface area contributed by atoms with Gasteiger partial charge in [0.15, 0.2) is 0 Å². The lowest BCUT2D eigenvalue weighted by Crippen LogP contribution is -2.24. The van der Waals surface area contributed by atoms with Crippen LogP contribution in [-0.2, 0) is 0 Å². The molecule has 1 aromatic rings. The standard InChI is InChI=1S/C7H7Cl2F2N3/c1-3(6(10)11)12-5-2-4(8)13-7(9)14-5/h2-3,6H,1H3,(H,12,13,14). The molecular weight excluding hydrogens is 235 g/mol. The predicted octanol–water partition coefficient (Wildman–Crippen LogP) is 2.85. The fraction of sp³-hybridized carbons (Fsp3) is 0.429. The molecule has 1 unspecified atom stereocenters. The highest BCUT2D eigenvalue weighted by Gasteiger charge is 2.15. The summed E-state index contributed by atoms with van der Waals surface area (Å²) in [7, 11) is 0. The summed E-state index contributed by atoms with van der Waals surface area (Å²) in [6, 6.07) is 0.309. The van der Waals surface area contributed by atoms with Crippen molar-refractivity contribution >= 4 is 29.0 Å². The zero-order valence-electron chi connectivity index (χ0n) is 7.14. The monoisotopic (exact) mass is 241 g/mol. The Morgan fingerprint density at radius 1 is 1.36 bits per heavy atom. The number of alkyl halides is 2. The van der Waals surface area contributed by atoms with E-state index in [0.717, 1.165) is 0 Å². The predicted molar refractivity (Wildman–Crippen MR) is 51.1 cm³/mol. The average Bonchev–Trinajstić information content (AvgIpc) is 2.01. The number of hydrogen-bond acceptors (Lipinski definition) is 3. The molecule has 78 valence electrons. The van der Waals surface area contributed by atoms with E-state index in [2.05, 4.69) is 15.3 Å². The Balaban J connectivity index is 2.76. The lowest BCUT2D eigenvalue weighted by Gasteiger charge is -2.12. The second-order valence-corrected chi connectivity index (χ2v) is 3.34. The molecule has 0 aromatic carbocycles. The molecule has 1 N–H and O–H groups in total. The quantitative estimate of drug-likeness (QED) is 0.654. The topological polar surface area (TPSA) is 37.8 Å². The van der Waals surface area contributed by atoms with Crippen LogP contribution in [0.3, 0.4) is 0 Å². The summed E-state index contributed by atoms with van der Waals surface area (Å²) >= 11 is 11.0. The lowest BCUT2D eigenvalue weighted by atomic mass is 10.3. The summed E-state index contributed by atoms with van der Waals surface area (Å²) < 4.78 is 24.3. The van der Waals surface area contributed by atoms with Gasteiger partial charge in [0.05, 0.1) is 6.04 Å². The van der Waals surface area contributed by atoms with Crippen molar-refractivity contribution in [1.82, 2.24) is 9.97 Å². The van der Waals surface area contributed by atoms with E-state index >= 15 is 0 Å². The molecule has 0 amide bonds. The minimum Gasteiger partial charge on any atom is -0.362 e. The summed E-state index contributed by atoms with van der Waals surface area (Å²) in [5.74, 6) is 0.183. The normalized spacial score (nSPS) is 13.0. The van der Waals surface area contributed by atoms with Crippen molar-refractivity contribution in [3.8, 4) is 0 Å². The number of hydrogen-bond donors (Lipinski definition) is 1. The third-order valence-corrected chi connectivity index (χ3v) is 1.78. The van der Waals surface area contributed by atoms with E-state index < -0.39 is 12.5 Å². The molecular formula is C7H7Cl2F2N3. The van der Waals surface area contributed by atoms with Crippen molar-refractivity contribution in [2.75, 3.05) is 5.32 Å². The van der Waals surface area contributed by atoms with Crippen LogP contribution in [0.15, 0.2) is 6.07 Å². The zero-order chi connectivity index (χ0) is 10.7. The van der Waals surface area contributed by atoms with Crippen LogP contribution in [0.4, 0.5) is 14.6 Å². The van der Waals surface area contributed by atoms with Crippen LogP contribution >= 0.6 is 23.2 Å². The molecule has 7 heteroatoms. The van der Waals surface area contributed by atoms with Crippen LogP contribution in [0, 0.1) is 0 Å². The average molecular weight is 242 g/mol. The number of nitrogens with one attached hydrogen (secondary N) is 1. The highest BCUT2D eigenvalue weighted by molar-refractivity contribution is 6.32. The first-order valence-electron chi connectivity index (χ1n) is 3.74. The summed E-state index contributed by atoms with van der Waals surface area (Å²) in [6.07, 6.45) is -2.48. The smallest absolute Gasteiger partial charge is 0.258 e. The van der Waals surface area contributed by atoms with Gasteiger partial charge in [0.1, 0.15) is 11.0 Å². The van der Waals surface area contributed by atoms with Crippen molar-refractivity contribution in [2.45, 2.75) is 19.4 Å². The highest BCUT2D eigenvalue weighted by Crippen LogP contribution is 2.16. The molecule has 0 spiro atoms. The maximum Gasteiger partial charge on any atom is 0.258 e. The van der Waals surface area contributed by atoms with Crippen LogP contribution in [0.25, 0.3) is 0 Å². The molecule has 0 aliphatic heterocycles. The number of halogens is 4. The van der Waals surface area contributed by atoms with Gasteiger partial charge in [-0.1, -0.05) is 11.6 Å². The maximum absolute atomic E-state index is 12.1. The summed E-state index contributed by atoms with van der Waals surface area (Å²) in [5, 5.41) is 2.48. The van der Waals surface area contributed by atoms with Gasteiger partial charge in [0.25, 0.3) is 6.43 Å². The van der Waals surface area contributed by atoms with Crippen molar-refractivity contribution < 1.29 is 8.78 Å². The number of nitrogens with zero attached hydrogens (tertiary/aromatic N) is 2. The molecule has 0 fully saturated rings. The van der Waals surface area contributed by atoms with E-state index in [1.165, 1.54) is 13.0 Å². The maximum atomic E-state index is 12.1. The van der Waals surface area contributed by atoms with Crippen molar-refractivity contribution in [3.63, 3.8) is 0 Å². The summed E-state index contributed by atoms with van der Waals surface area (Å²) in [4.78, 5) is 7.26. The van der Waals surface area contributed by atoms with E-state index in [0.29, 0.717) is 0 Å². The molecule has 1 aromatic heterocycles. The zero-order valence-corrected chi connectivity index (χ0v) is 8.65. The van der Waals surface area contributed by atoms with Crippen molar-refractivity contribution in [3.05, 3.63) is 16.5 Å². The third kappa shape index (κ3) is 3.23. The second-order valence-electron chi connectivity index (χ2n) is 2.61. The molecule has 0 radical (unpaired) electrons. The van der Waals surface area contributed by atoms with Crippen LogP contribution in [0.5, 0.6) is 0 Å². The first-order valence-corrected chi connectivity index (χ1v) is 4.49. The Morgan fingerprint density at radius 2 is 2.00 bits per heavy atom. The van der Waals surface area contributed by atoms with Gasteiger partial charge in [-0.3, -0.25) is 0 Å². The van der Waals surface area contributed by atoms with Gasteiger partial charge >= 0.3 is 0 Å². The third-order valence-electron chi connectivity index (χ3n) is 1.42. The van der Waals surface area contributed by atoms with E-state index in [1.54, 1.807) is 0 Å². The molecule has 1 heterocycles. The van der Waals surface area contributed by atoms with Gasteiger partial charge in [0.2, 0.25) is 5.28 Å². The molecule has 0 bridgehead atoms. The first kappa shape index (κ1) is 11.4. The van der Waals surface area contributed by atoms with Crippen molar-refractivity contribution in [1.29, 1.82) is 0 Å². The minimum absolute atomic E-state index is 0.0820. The Labute approximate surface area is 89.5 Å².